The van der Waals surface area contributed by atoms with Crippen LogP contribution in [0.25, 0.3) is 0 Å². The lowest BCUT2D eigenvalue weighted by atomic mass is 10.3. The van der Waals surface area contributed by atoms with E-state index in [-0.39, 0.29) is 0 Å². The van der Waals surface area contributed by atoms with Crippen molar-refractivity contribution in [2.24, 2.45) is 0 Å². The number of para-hydroxylation sites is 1. The first-order valence-corrected chi connectivity index (χ1v) is 6.49. The number of hydrogen-bond donors (Lipinski definition) is 2. The highest BCUT2D eigenvalue weighted by molar-refractivity contribution is 6.33. The Bertz CT molecular complexity index is 560. The van der Waals surface area contributed by atoms with E-state index in [2.05, 4.69) is 10.3 Å². The quantitative estimate of drug-likeness (QED) is 0.871. The van der Waals surface area contributed by atoms with Gasteiger partial charge in [0.05, 0.1) is 23.0 Å². The summed E-state index contributed by atoms with van der Waals surface area (Å²) in [6.07, 6.45) is 0.906. The molecule has 2 rings (SSSR count). The molecule has 0 fully saturated rings. The maximum absolute atomic E-state index is 6.08. The van der Waals surface area contributed by atoms with E-state index in [1.807, 2.05) is 31.2 Å². The van der Waals surface area contributed by atoms with Crippen LogP contribution in [-0.2, 0) is 0 Å². The van der Waals surface area contributed by atoms with Gasteiger partial charge in [-0.2, -0.15) is 4.98 Å². The highest BCUT2D eigenvalue weighted by atomic mass is 35.5. The zero-order chi connectivity index (χ0) is 13.7. The number of nitrogen functional groups attached to an aromatic ring is 1. The zero-order valence-electron chi connectivity index (χ0n) is 10.7. The smallest absolute Gasteiger partial charge is 0.239 e. The van der Waals surface area contributed by atoms with E-state index >= 15 is 0 Å². The predicted molar refractivity (Wildman–Crippen MR) is 79.2 cm³/mol. The van der Waals surface area contributed by atoms with Crippen molar-refractivity contribution in [2.45, 2.75) is 13.3 Å². The van der Waals surface area contributed by atoms with Crippen molar-refractivity contribution >= 4 is 28.8 Å². The number of nitrogens with one attached hydrogen (secondary N) is 1. The van der Waals surface area contributed by atoms with Gasteiger partial charge in [0.1, 0.15) is 5.82 Å². The van der Waals surface area contributed by atoms with E-state index in [4.69, 9.17) is 22.1 Å². The molecule has 0 aliphatic heterocycles. The Hall–Kier alpha value is -1.94. The van der Waals surface area contributed by atoms with E-state index in [1.165, 1.54) is 0 Å². The second-order valence-electron chi connectivity index (χ2n) is 4.04. The van der Waals surface area contributed by atoms with Gasteiger partial charge in [0.15, 0.2) is 0 Å². The summed E-state index contributed by atoms with van der Waals surface area (Å²) >= 11 is 6.08. The Morgan fingerprint density at radius 2 is 2.05 bits per heavy atom. The molecule has 2 aromatic rings. The SMILES string of the molecule is CCCOc1nc(Nc2ccccc2Cl)ccc1N. The number of rotatable bonds is 5. The summed E-state index contributed by atoms with van der Waals surface area (Å²) in [4.78, 5) is 4.33. The lowest BCUT2D eigenvalue weighted by Gasteiger charge is -2.11. The minimum Gasteiger partial charge on any atom is -0.476 e. The summed E-state index contributed by atoms with van der Waals surface area (Å²) in [5, 5.41) is 3.77. The molecule has 0 saturated heterocycles. The second-order valence-corrected chi connectivity index (χ2v) is 4.45. The Labute approximate surface area is 117 Å². The summed E-state index contributed by atoms with van der Waals surface area (Å²) < 4.78 is 5.49. The van der Waals surface area contributed by atoms with Crippen molar-refractivity contribution in [2.75, 3.05) is 17.7 Å². The molecule has 0 atom stereocenters. The van der Waals surface area contributed by atoms with E-state index in [1.54, 1.807) is 12.1 Å². The molecule has 3 N–H and O–H groups in total. The first-order valence-electron chi connectivity index (χ1n) is 6.11. The van der Waals surface area contributed by atoms with Crippen LogP contribution >= 0.6 is 11.6 Å². The molecule has 1 aromatic heterocycles. The standard InChI is InChI=1S/C14H16ClN3O/c1-2-9-19-14-11(16)7-8-13(18-14)17-12-6-4-3-5-10(12)15/h3-8H,2,9,16H2,1H3,(H,17,18). The van der Waals surface area contributed by atoms with E-state index < -0.39 is 0 Å². The predicted octanol–water partition coefficient (Wildman–Crippen LogP) is 3.85. The van der Waals surface area contributed by atoms with E-state index in [9.17, 15) is 0 Å². The number of nitrogens with two attached hydrogens (primary N) is 1. The van der Waals surface area contributed by atoms with Crippen LogP contribution in [0.2, 0.25) is 5.02 Å². The van der Waals surface area contributed by atoms with Crippen molar-refractivity contribution in [3.63, 3.8) is 0 Å². The number of halogens is 1. The third-order valence-corrected chi connectivity index (χ3v) is 2.80. The van der Waals surface area contributed by atoms with Gasteiger partial charge in [-0.25, -0.2) is 0 Å². The maximum Gasteiger partial charge on any atom is 0.239 e. The molecule has 0 spiro atoms. The first-order chi connectivity index (χ1) is 9.20. The van der Waals surface area contributed by atoms with Crippen molar-refractivity contribution in [1.82, 2.24) is 4.98 Å². The molecule has 0 aliphatic carbocycles. The molecule has 0 amide bonds. The minimum absolute atomic E-state index is 0.443. The summed E-state index contributed by atoms with van der Waals surface area (Å²) in [6.45, 7) is 2.62. The summed E-state index contributed by atoms with van der Waals surface area (Å²) in [5.41, 5.74) is 7.13. The molecular formula is C14H16ClN3O. The zero-order valence-corrected chi connectivity index (χ0v) is 11.4. The average molecular weight is 278 g/mol. The summed E-state index contributed by atoms with van der Waals surface area (Å²) in [6, 6.07) is 11.0. The van der Waals surface area contributed by atoms with Gasteiger partial charge < -0.3 is 15.8 Å². The van der Waals surface area contributed by atoms with Crippen LogP contribution in [-0.4, -0.2) is 11.6 Å². The van der Waals surface area contributed by atoms with E-state index in [0.29, 0.717) is 29.0 Å². The lowest BCUT2D eigenvalue weighted by molar-refractivity contribution is 0.307. The molecule has 100 valence electrons. The third-order valence-electron chi connectivity index (χ3n) is 2.47. The van der Waals surface area contributed by atoms with Gasteiger partial charge in [-0.15, -0.1) is 0 Å². The maximum atomic E-state index is 6.08. The van der Waals surface area contributed by atoms with Crippen LogP contribution in [0.1, 0.15) is 13.3 Å². The molecule has 1 heterocycles. The highest BCUT2D eigenvalue weighted by Crippen LogP contribution is 2.27. The van der Waals surface area contributed by atoms with Gasteiger partial charge in [0, 0.05) is 0 Å². The molecule has 0 saturated carbocycles. The molecule has 0 radical (unpaired) electrons. The van der Waals surface area contributed by atoms with Crippen molar-refractivity contribution in [3.05, 3.63) is 41.4 Å². The highest BCUT2D eigenvalue weighted by Gasteiger charge is 2.05. The number of nitrogens with zero attached hydrogens (tertiary/aromatic N) is 1. The number of benzene rings is 1. The van der Waals surface area contributed by atoms with Crippen LogP contribution in [0.5, 0.6) is 5.88 Å². The van der Waals surface area contributed by atoms with Crippen LogP contribution < -0.4 is 15.8 Å². The summed E-state index contributed by atoms with van der Waals surface area (Å²) in [7, 11) is 0. The van der Waals surface area contributed by atoms with Gasteiger partial charge in [0.2, 0.25) is 5.88 Å². The van der Waals surface area contributed by atoms with Gasteiger partial charge in [-0.1, -0.05) is 30.7 Å². The number of aromatic nitrogens is 1. The van der Waals surface area contributed by atoms with Crippen molar-refractivity contribution < 1.29 is 4.74 Å². The van der Waals surface area contributed by atoms with Gasteiger partial charge in [0.25, 0.3) is 0 Å². The van der Waals surface area contributed by atoms with Gasteiger partial charge in [-0.05, 0) is 30.7 Å². The normalized spacial score (nSPS) is 10.2. The fourth-order valence-electron chi connectivity index (χ4n) is 1.54. The largest absolute Gasteiger partial charge is 0.476 e. The lowest BCUT2D eigenvalue weighted by Crippen LogP contribution is -2.03. The molecule has 1 aromatic carbocycles. The van der Waals surface area contributed by atoms with Crippen molar-refractivity contribution in [1.29, 1.82) is 0 Å². The fraction of sp³-hybridized carbons (Fsp3) is 0.214. The molecule has 0 aliphatic rings. The Morgan fingerprint density at radius 3 is 2.79 bits per heavy atom. The number of ether oxygens (including phenoxy) is 1. The molecule has 4 nitrogen and oxygen atoms in total. The molecule has 0 bridgehead atoms. The van der Waals surface area contributed by atoms with E-state index in [0.717, 1.165) is 12.1 Å². The fourth-order valence-corrected chi connectivity index (χ4v) is 1.72. The molecule has 5 heteroatoms. The Kier molecular flexibility index (Phi) is 4.47. The van der Waals surface area contributed by atoms with Gasteiger partial charge >= 0.3 is 0 Å². The topological polar surface area (TPSA) is 60.2 Å². The second kappa shape index (κ2) is 6.29. The number of hydrogen-bond acceptors (Lipinski definition) is 4. The first kappa shape index (κ1) is 13.5. The van der Waals surface area contributed by atoms with Crippen LogP contribution in [0.3, 0.4) is 0 Å². The van der Waals surface area contributed by atoms with Gasteiger partial charge in [-0.3, -0.25) is 0 Å². The Balaban J connectivity index is 2.19. The molecular weight excluding hydrogens is 262 g/mol. The van der Waals surface area contributed by atoms with Crippen LogP contribution in [0, 0.1) is 0 Å². The minimum atomic E-state index is 0.443. The van der Waals surface area contributed by atoms with Crippen LogP contribution in [0.4, 0.5) is 17.2 Å². The average Bonchev–Trinajstić information content (AvgIpc) is 2.42. The Morgan fingerprint density at radius 1 is 1.26 bits per heavy atom. The number of anilines is 3. The third kappa shape index (κ3) is 3.51. The number of pyridine rings is 1. The molecule has 19 heavy (non-hydrogen) atoms. The summed E-state index contributed by atoms with van der Waals surface area (Å²) in [5.74, 6) is 1.09. The monoisotopic (exact) mass is 277 g/mol. The van der Waals surface area contributed by atoms with Crippen molar-refractivity contribution in [3.8, 4) is 5.88 Å². The molecule has 0 unspecified atom stereocenters. The van der Waals surface area contributed by atoms with Crippen LogP contribution in [0.15, 0.2) is 36.4 Å².